The van der Waals surface area contributed by atoms with Crippen molar-refractivity contribution in [2.45, 2.75) is 18.9 Å². The van der Waals surface area contributed by atoms with E-state index < -0.39 is 17.8 Å². The molecule has 1 aromatic carbocycles. The molecule has 0 aromatic heterocycles. The fourth-order valence-electron chi connectivity index (χ4n) is 2.72. The Morgan fingerprint density at radius 3 is 2.48 bits per heavy atom. The smallest absolute Gasteiger partial charge is 0.244 e. The van der Waals surface area contributed by atoms with E-state index in [0.29, 0.717) is 24.9 Å². The topological polar surface area (TPSA) is 75.4 Å². The van der Waals surface area contributed by atoms with Crippen molar-refractivity contribution in [2.75, 3.05) is 19.6 Å². The van der Waals surface area contributed by atoms with Crippen LogP contribution in [0.4, 0.5) is 4.39 Å². The molecule has 6 heteroatoms. The molecule has 1 atom stereocenters. The number of piperidine rings is 1. The van der Waals surface area contributed by atoms with Crippen LogP contribution in [0.1, 0.15) is 24.4 Å². The second kappa shape index (κ2) is 7.75. The Hall–Kier alpha value is -2.39. The number of benzene rings is 1. The molecule has 3 N–H and O–H groups in total. The van der Waals surface area contributed by atoms with Crippen LogP contribution in [0.25, 0.3) is 0 Å². The Morgan fingerprint density at radius 2 is 1.96 bits per heavy atom. The van der Waals surface area contributed by atoms with Crippen LogP contribution in [0, 0.1) is 24.1 Å². The molecule has 1 unspecified atom stereocenters. The van der Waals surface area contributed by atoms with Gasteiger partial charge in [-0.3, -0.25) is 14.5 Å². The second-order valence-corrected chi connectivity index (χ2v) is 5.65. The lowest BCUT2D eigenvalue weighted by molar-refractivity contribution is -0.131. The number of nitrogens with zero attached hydrogens (tertiary/aromatic N) is 1. The van der Waals surface area contributed by atoms with Crippen molar-refractivity contribution >= 4 is 11.8 Å². The molecule has 0 spiro atoms. The van der Waals surface area contributed by atoms with E-state index in [2.05, 4.69) is 16.1 Å². The second-order valence-electron chi connectivity index (χ2n) is 5.65. The van der Waals surface area contributed by atoms with Gasteiger partial charge in [0.05, 0.1) is 6.54 Å². The molecule has 2 amide bonds. The van der Waals surface area contributed by atoms with Gasteiger partial charge in [-0.25, -0.2) is 4.39 Å². The molecule has 1 fully saturated rings. The first kappa shape index (κ1) is 17.0. The maximum Gasteiger partial charge on any atom is 0.244 e. The number of terminal acetylenes is 1. The molecule has 0 radical (unpaired) electrons. The van der Waals surface area contributed by atoms with Crippen LogP contribution >= 0.6 is 0 Å². The summed E-state index contributed by atoms with van der Waals surface area (Å²) in [4.78, 5) is 26.1. The summed E-state index contributed by atoms with van der Waals surface area (Å²) < 4.78 is 13.0. The minimum absolute atomic E-state index is 0.175. The zero-order valence-electron chi connectivity index (χ0n) is 12.8. The number of carbonyl (C=O) groups excluding carboxylic acids is 2. The number of rotatable bonds is 5. The quantitative estimate of drug-likeness (QED) is 0.789. The lowest BCUT2D eigenvalue weighted by atomic mass is 9.95. The van der Waals surface area contributed by atoms with Gasteiger partial charge in [-0.2, -0.15) is 0 Å². The Morgan fingerprint density at radius 1 is 1.35 bits per heavy atom. The minimum Gasteiger partial charge on any atom is -0.368 e. The normalized spacial score (nSPS) is 17.2. The summed E-state index contributed by atoms with van der Waals surface area (Å²) in [6, 6.07) is 4.40. The highest BCUT2D eigenvalue weighted by Crippen LogP contribution is 2.20. The van der Waals surface area contributed by atoms with Gasteiger partial charge >= 0.3 is 0 Å². The number of nitrogens with one attached hydrogen (secondary N) is 1. The first-order chi connectivity index (χ1) is 11.0. The van der Waals surface area contributed by atoms with Crippen LogP contribution in [0.15, 0.2) is 24.3 Å². The third-order valence-corrected chi connectivity index (χ3v) is 4.05. The van der Waals surface area contributed by atoms with E-state index in [0.717, 1.165) is 13.1 Å². The summed E-state index contributed by atoms with van der Waals surface area (Å²) in [5.41, 5.74) is 5.84. The average molecular weight is 317 g/mol. The molecule has 2 rings (SSSR count). The first-order valence-corrected chi connectivity index (χ1v) is 7.52. The van der Waals surface area contributed by atoms with Crippen molar-refractivity contribution in [3.63, 3.8) is 0 Å². The predicted octanol–water partition coefficient (Wildman–Crippen LogP) is 0.814. The monoisotopic (exact) mass is 317 g/mol. The maximum absolute atomic E-state index is 13.0. The third-order valence-electron chi connectivity index (χ3n) is 4.05. The number of hydrogen-bond donors (Lipinski definition) is 2. The first-order valence-electron chi connectivity index (χ1n) is 7.52. The van der Waals surface area contributed by atoms with E-state index in [9.17, 15) is 14.0 Å². The van der Waals surface area contributed by atoms with Gasteiger partial charge in [0.25, 0.3) is 0 Å². The molecule has 5 nitrogen and oxygen atoms in total. The van der Waals surface area contributed by atoms with Gasteiger partial charge in [0.2, 0.25) is 11.8 Å². The number of carbonyl (C=O) groups is 2. The molecule has 1 aromatic rings. The molecule has 1 aliphatic rings. The fourth-order valence-corrected chi connectivity index (χ4v) is 2.72. The Balaban J connectivity index is 1.98. The molecule has 122 valence electrons. The molecule has 0 saturated carbocycles. The minimum atomic E-state index is -0.952. The highest BCUT2D eigenvalue weighted by atomic mass is 19.1. The molecule has 0 bridgehead atoms. The van der Waals surface area contributed by atoms with Gasteiger partial charge in [0.15, 0.2) is 0 Å². The van der Waals surface area contributed by atoms with E-state index in [-0.39, 0.29) is 11.8 Å². The Kier molecular flexibility index (Phi) is 5.72. The summed E-state index contributed by atoms with van der Waals surface area (Å²) >= 11 is 0. The van der Waals surface area contributed by atoms with E-state index in [1.165, 1.54) is 24.3 Å². The standard InChI is InChI=1S/C17H20FN3O2/c1-2-9-21-10-7-13(8-11-21)17(23)20-15(16(19)22)12-3-5-14(18)6-4-12/h1,3-6,13,15H,7-11H2,(H2,19,22)(H,20,23). The molecule has 1 aliphatic heterocycles. The SMILES string of the molecule is C#CCN1CCC(C(=O)NC(C(N)=O)c2ccc(F)cc2)CC1. The summed E-state index contributed by atoms with van der Waals surface area (Å²) in [5.74, 6) is 1.12. The van der Waals surface area contributed by atoms with Crippen LogP contribution in [0.2, 0.25) is 0 Å². The highest BCUT2D eigenvalue weighted by Gasteiger charge is 2.28. The fraction of sp³-hybridized carbons (Fsp3) is 0.412. The van der Waals surface area contributed by atoms with Crippen LogP contribution < -0.4 is 11.1 Å². The van der Waals surface area contributed by atoms with Crippen molar-refractivity contribution in [3.05, 3.63) is 35.6 Å². The van der Waals surface area contributed by atoms with Crippen molar-refractivity contribution in [1.82, 2.24) is 10.2 Å². The van der Waals surface area contributed by atoms with Gasteiger partial charge < -0.3 is 11.1 Å². The van der Waals surface area contributed by atoms with Gasteiger partial charge in [0, 0.05) is 5.92 Å². The average Bonchev–Trinajstić information content (AvgIpc) is 2.54. The summed E-state index contributed by atoms with van der Waals surface area (Å²) in [6.07, 6.45) is 6.64. The number of halogens is 1. The van der Waals surface area contributed by atoms with E-state index >= 15 is 0 Å². The van der Waals surface area contributed by atoms with E-state index in [1.807, 2.05) is 0 Å². The number of likely N-dealkylation sites (tertiary alicyclic amines) is 1. The van der Waals surface area contributed by atoms with Crippen LogP contribution in [-0.4, -0.2) is 36.3 Å². The molecular weight excluding hydrogens is 297 g/mol. The van der Waals surface area contributed by atoms with Crippen molar-refractivity contribution < 1.29 is 14.0 Å². The van der Waals surface area contributed by atoms with E-state index in [1.54, 1.807) is 0 Å². The summed E-state index contributed by atoms with van der Waals surface area (Å²) in [5, 5.41) is 2.67. The Bertz CT molecular complexity index is 601. The predicted molar refractivity (Wildman–Crippen MR) is 84.5 cm³/mol. The van der Waals surface area contributed by atoms with Crippen molar-refractivity contribution in [1.29, 1.82) is 0 Å². The van der Waals surface area contributed by atoms with Crippen molar-refractivity contribution in [3.8, 4) is 12.3 Å². The molecule has 1 saturated heterocycles. The zero-order valence-corrected chi connectivity index (χ0v) is 12.8. The van der Waals surface area contributed by atoms with Gasteiger partial charge in [0.1, 0.15) is 11.9 Å². The van der Waals surface area contributed by atoms with Crippen LogP contribution in [0.3, 0.4) is 0 Å². The van der Waals surface area contributed by atoms with E-state index in [4.69, 9.17) is 12.2 Å². The van der Waals surface area contributed by atoms with Crippen molar-refractivity contribution in [2.24, 2.45) is 11.7 Å². The number of amides is 2. The molecular formula is C17H20FN3O2. The third kappa shape index (κ3) is 4.54. The lowest BCUT2D eigenvalue weighted by Crippen LogP contribution is -2.44. The van der Waals surface area contributed by atoms with Gasteiger partial charge in [-0.05, 0) is 43.6 Å². The zero-order chi connectivity index (χ0) is 16.8. The van der Waals surface area contributed by atoms with Crippen LogP contribution in [0.5, 0.6) is 0 Å². The van der Waals surface area contributed by atoms with Gasteiger partial charge in [-0.15, -0.1) is 6.42 Å². The number of primary amides is 1. The Labute approximate surface area is 135 Å². The molecule has 0 aliphatic carbocycles. The molecule has 23 heavy (non-hydrogen) atoms. The largest absolute Gasteiger partial charge is 0.368 e. The summed E-state index contributed by atoms with van der Waals surface area (Å²) in [7, 11) is 0. The number of nitrogens with two attached hydrogens (primary N) is 1. The lowest BCUT2D eigenvalue weighted by Gasteiger charge is -2.30. The molecule has 1 heterocycles. The maximum atomic E-state index is 13.0. The van der Waals surface area contributed by atoms with Crippen LogP contribution in [-0.2, 0) is 9.59 Å². The highest BCUT2D eigenvalue weighted by molar-refractivity contribution is 5.88. The van der Waals surface area contributed by atoms with Gasteiger partial charge in [-0.1, -0.05) is 18.1 Å². The summed E-state index contributed by atoms with van der Waals surface area (Å²) in [6.45, 7) is 2.08. The number of hydrogen-bond acceptors (Lipinski definition) is 3.